The van der Waals surface area contributed by atoms with Gasteiger partial charge in [0.05, 0.1) is 0 Å². The molecule has 9 aromatic rings. The summed E-state index contributed by atoms with van der Waals surface area (Å²) in [4.78, 5) is 2.34. The first kappa shape index (κ1) is 32.2. The zero-order valence-corrected chi connectivity index (χ0v) is 30.0. The van der Waals surface area contributed by atoms with Gasteiger partial charge >= 0.3 is 0 Å². The summed E-state index contributed by atoms with van der Waals surface area (Å²) in [5.41, 5.74) is 13.4. The van der Waals surface area contributed by atoms with Crippen molar-refractivity contribution in [2.75, 3.05) is 4.90 Å². The minimum atomic E-state index is 1.14. The van der Waals surface area contributed by atoms with Crippen molar-refractivity contribution >= 4 is 61.5 Å². The highest BCUT2D eigenvalue weighted by Crippen LogP contribution is 2.44. The molecule has 0 aliphatic carbocycles. The van der Waals surface area contributed by atoms with Gasteiger partial charge in [0.15, 0.2) is 0 Å². The van der Waals surface area contributed by atoms with E-state index in [1.54, 1.807) is 0 Å². The predicted molar refractivity (Wildman–Crippen MR) is 229 cm³/mol. The maximum absolute atomic E-state index is 2.38. The molecule has 0 saturated carbocycles. The maximum atomic E-state index is 2.38. The minimum Gasteiger partial charge on any atom is -0.310 e. The number of hydrogen-bond acceptors (Lipinski definition) is 1. The second-order valence-corrected chi connectivity index (χ2v) is 13.9. The standard InChI is InChI=1S/C52H39N/c1-36-31-39(34-48-37(2)32-44(35-49(36)48)53(42-21-11-5-12-22-42)43-23-13-6-14-24-43)28-27-38-29-30-47-50(33-38)52(41-19-9-4-10-20-41)46-26-16-15-25-45(46)51(47)40-17-7-3-8-18-40/h3-35H,1-2H3. The molecule has 0 aliphatic heterocycles. The van der Waals surface area contributed by atoms with Crippen LogP contribution in [-0.2, 0) is 0 Å². The highest BCUT2D eigenvalue weighted by Gasteiger charge is 2.17. The molecule has 0 heterocycles. The first-order valence-electron chi connectivity index (χ1n) is 18.3. The molecule has 1 heteroatoms. The smallest absolute Gasteiger partial charge is 0.0470 e. The number of nitrogens with zero attached hydrogens (tertiary/aromatic N) is 1. The van der Waals surface area contributed by atoms with E-state index in [9.17, 15) is 0 Å². The van der Waals surface area contributed by atoms with E-state index < -0.39 is 0 Å². The molecule has 53 heavy (non-hydrogen) atoms. The summed E-state index contributed by atoms with van der Waals surface area (Å²) in [5.74, 6) is 0. The molecule has 1 nitrogen and oxygen atoms in total. The largest absolute Gasteiger partial charge is 0.310 e. The summed E-state index contributed by atoms with van der Waals surface area (Å²) < 4.78 is 0. The fraction of sp³-hybridized carbons (Fsp3) is 0.0385. The Morgan fingerprint density at radius 2 is 0.755 bits per heavy atom. The first-order chi connectivity index (χ1) is 26.1. The van der Waals surface area contributed by atoms with Gasteiger partial charge in [-0.1, -0.05) is 152 Å². The third-order valence-electron chi connectivity index (χ3n) is 10.4. The summed E-state index contributed by atoms with van der Waals surface area (Å²) in [7, 11) is 0. The van der Waals surface area contributed by atoms with Gasteiger partial charge in [-0.15, -0.1) is 0 Å². The van der Waals surface area contributed by atoms with Crippen LogP contribution >= 0.6 is 0 Å². The zero-order valence-electron chi connectivity index (χ0n) is 30.0. The fourth-order valence-electron chi connectivity index (χ4n) is 7.98. The number of rotatable bonds is 7. The SMILES string of the molecule is Cc1cc(N(c2ccccc2)c2ccccc2)cc2c(C)cc(C=Cc3ccc4c(-c5ccccc5)c5ccccc5c(-c5ccccc5)c4c3)cc12. The molecule has 9 aromatic carbocycles. The molecule has 0 aliphatic rings. The molecule has 0 amide bonds. The molecule has 0 unspecified atom stereocenters. The fourth-order valence-corrected chi connectivity index (χ4v) is 7.98. The average molecular weight is 678 g/mol. The van der Waals surface area contributed by atoms with Gasteiger partial charge in [-0.3, -0.25) is 0 Å². The Bertz CT molecular complexity index is 2730. The first-order valence-corrected chi connectivity index (χ1v) is 18.3. The van der Waals surface area contributed by atoms with E-state index in [-0.39, 0.29) is 0 Å². The van der Waals surface area contributed by atoms with Crippen LogP contribution in [0.1, 0.15) is 22.3 Å². The minimum absolute atomic E-state index is 1.14. The van der Waals surface area contributed by atoms with Crippen molar-refractivity contribution in [2.24, 2.45) is 0 Å². The van der Waals surface area contributed by atoms with Gasteiger partial charge in [0.1, 0.15) is 0 Å². The zero-order chi connectivity index (χ0) is 35.7. The molecule has 0 bridgehead atoms. The Morgan fingerprint density at radius 3 is 1.34 bits per heavy atom. The molecule has 0 fully saturated rings. The van der Waals surface area contributed by atoms with Crippen LogP contribution in [0.25, 0.3) is 66.7 Å². The van der Waals surface area contributed by atoms with E-state index in [1.165, 1.54) is 76.8 Å². The Morgan fingerprint density at radius 1 is 0.321 bits per heavy atom. The lowest BCUT2D eigenvalue weighted by atomic mass is 9.85. The van der Waals surface area contributed by atoms with E-state index in [1.807, 2.05) is 0 Å². The summed E-state index contributed by atoms with van der Waals surface area (Å²) in [6.45, 7) is 4.46. The molecular weight excluding hydrogens is 639 g/mol. The molecule has 0 N–H and O–H groups in total. The molecule has 9 rings (SSSR count). The third-order valence-corrected chi connectivity index (χ3v) is 10.4. The number of hydrogen-bond donors (Lipinski definition) is 0. The molecule has 0 saturated heterocycles. The lowest BCUT2D eigenvalue weighted by Crippen LogP contribution is -2.10. The Kier molecular flexibility index (Phi) is 8.38. The van der Waals surface area contributed by atoms with Crippen LogP contribution in [0, 0.1) is 13.8 Å². The van der Waals surface area contributed by atoms with Gasteiger partial charge in [0, 0.05) is 17.1 Å². The number of para-hydroxylation sites is 2. The van der Waals surface area contributed by atoms with Gasteiger partial charge in [-0.25, -0.2) is 0 Å². The molecule has 0 atom stereocenters. The summed E-state index contributed by atoms with van der Waals surface area (Å²) in [5, 5.41) is 7.61. The summed E-state index contributed by atoms with van der Waals surface area (Å²) in [6, 6.07) is 68.0. The van der Waals surface area contributed by atoms with E-state index in [4.69, 9.17) is 0 Å². The highest BCUT2D eigenvalue weighted by atomic mass is 15.1. The normalized spacial score (nSPS) is 11.5. The number of aryl methyl sites for hydroxylation is 2. The lowest BCUT2D eigenvalue weighted by molar-refractivity contribution is 1.28. The second kappa shape index (κ2) is 13.8. The number of anilines is 3. The van der Waals surface area contributed by atoms with Crippen LogP contribution in [0.3, 0.4) is 0 Å². The van der Waals surface area contributed by atoms with E-state index >= 15 is 0 Å². The Hall–Kier alpha value is -6.70. The van der Waals surface area contributed by atoms with E-state index in [0.717, 1.165) is 17.1 Å². The average Bonchev–Trinajstić information content (AvgIpc) is 3.21. The van der Waals surface area contributed by atoms with Crippen LogP contribution < -0.4 is 4.90 Å². The molecule has 0 spiro atoms. The highest BCUT2D eigenvalue weighted by molar-refractivity contribution is 6.21. The lowest BCUT2D eigenvalue weighted by Gasteiger charge is -2.26. The van der Waals surface area contributed by atoms with Crippen LogP contribution in [0.15, 0.2) is 188 Å². The van der Waals surface area contributed by atoms with Crippen molar-refractivity contribution in [2.45, 2.75) is 13.8 Å². The molecule has 0 aromatic heterocycles. The second-order valence-electron chi connectivity index (χ2n) is 13.9. The Balaban J connectivity index is 1.15. The van der Waals surface area contributed by atoms with Gasteiger partial charge in [0.2, 0.25) is 0 Å². The van der Waals surface area contributed by atoms with Crippen LogP contribution in [0.5, 0.6) is 0 Å². The van der Waals surface area contributed by atoms with Crippen LogP contribution in [0.2, 0.25) is 0 Å². The molecule has 0 radical (unpaired) electrons. The van der Waals surface area contributed by atoms with Crippen LogP contribution in [-0.4, -0.2) is 0 Å². The number of benzene rings is 9. The van der Waals surface area contributed by atoms with Crippen molar-refractivity contribution in [3.05, 3.63) is 210 Å². The maximum Gasteiger partial charge on any atom is 0.0470 e. The van der Waals surface area contributed by atoms with Crippen molar-refractivity contribution in [3.63, 3.8) is 0 Å². The summed E-state index contributed by atoms with van der Waals surface area (Å²) >= 11 is 0. The molecule has 252 valence electrons. The van der Waals surface area contributed by atoms with Gasteiger partial charge in [-0.05, 0) is 139 Å². The van der Waals surface area contributed by atoms with Crippen LogP contribution in [0.4, 0.5) is 17.1 Å². The van der Waals surface area contributed by atoms with Crippen molar-refractivity contribution in [3.8, 4) is 22.3 Å². The third kappa shape index (κ3) is 6.07. The number of fused-ring (bicyclic) bond motifs is 3. The van der Waals surface area contributed by atoms with Crippen molar-refractivity contribution in [1.29, 1.82) is 0 Å². The quantitative estimate of drug-likeness (QED) is 0.120. The Labute approximate surface area is 311 Å². The topological polar surface area (TPSA) is 3.24 Å². The predicted octanol–water partition coefficient (Wildman–Crippen LogP) is 14.7. The monoisotopic (exact) mass is 677 g/mol. The van der Waals surface area contributed by atoms with Crippen molar-refractivity contribution in [1.82, 2.24) is 0 Å². The van der Waals surface area contributed by atoms with Crippen molar-refractivity contribution < 1.29 is 0 Å². The van der Waals surface area contributed by atoms with E-state index in [0.29, 0.717) is 0 Å². The van der Waals surface area contributed by atoms with Gasteiger partial charge in [-0.2, -0.15) is 0 Å². The molecular formula is C52H39N. The van der Waals surface area contributed by atoms with Gasteiger partial charge in [0.25, 0.3) is 0 Å². The van der Waals surface area contributed by atoms with Gasteiger partial charge < -0.3 is 4.90 Å². The van der Waals surface area contributed by atoms with E-state index in [2.05, 4.69) is 219 Å². The summed E-state index contributed by atoms with van der Waals surface area (Å²) in [6.07, 6.45) is 4.53.